The van der Waals surface area contributed by atoms with Gasteiger partial charge in [-0.15, -0.1) is 0 Å². The van der Waals surface area contributed by atoms with E-state index >= 15 is 0 Å². The Hall–Kier alpha value is -2.82. The molecule has 0 unspecified atom stereocenters. The fourth-order valence-corrected chi connectivity index (χ4v) is 1.62. The molecule has 0 atom stereocenters. The SMILES string of the molecule is COc1ccc(N=Cc2ccc(OCC(N)=O)cc2)cc1. The molecule has 2 aromatic rings. The Bertz CT molecular complexity index is 619. The number of carbonyl (C=O) groups is 1. The zero-order valence-corrected chi connectivity index (χ0v) is 11.7. The zero-order chi connectivity index (χ0) is 15.1. The number of benzene rings is 2. The minimum atomic E-state index is -0.500. The van der Waals surface area contributed by atoms with Crippen LogP contribution in [-0.2, 0) is 4.79 Å². The first-order chi connectivity index (χ1) is 10.2. The van der Waals surface area contributed by atoms with Gasteiger partial charge in [-0.25, -0.2) is 0 Å². The van der Waals surface area contributed by atoms with Gasteiger partial charge in [0.25, 0.3) is 5.91 Å². The van der Waals surface area contributed by atoms with Gasteiger partial charge in [-0.1, -0.05) is 0 Å². The molecule has 0 saturated heterocycles. The van der Waals surface area contributed by atoms with E-state index in [2.05, 4.69) is 4.99 Å². The molecule has 0 aliphatic rings. The molecule has 0 bridgehead atoms. The van der Waals surface area contributed by atoms with Gasteiger partial charge in [-0.3, -0.25) is 9.79 Å². The number of nitrogens with two attached hydrogens (primary N) is 1. The maximum atomic E-state index is 10.6. The second-order valence-electron chi connectivity index (χ2n) is 4.28. The lowest BCUT2D eigenvalue weighted by Crippen LogP contribution is -2.19. The van der Waals surface area contributed by atoms with Crippen LogP contribution in [0.2, 0.25) is 0 Å². The predicted octanol–water partition coefficient (Wildman–Crippen LogP) is 2.31. The van der Waals surface area contributed by atoms with Crippen molar-refractivity contribution in [3.63, 3.8) is 0 Å². The van der Waals surface area contributed by atoms with Crippen LogP contribution in [0.15, 0.2) is 53.5 Å². The number of amides is 1. The lowest BCUT2D eigenvalue weighted by atomic mass is 10.2. The van der Waals surface area contributed by atoms with E-state index in [9.17, 15) is 4.79 Å². The number of nitrogens with zero attached hydrogens (tertiary/aromatic N) is 1. The Labute approximate surface area is 123 Å². The molecular weight excluding hydrogens is 268 g/mol. The van der Waals surface area contributed by atoms with E-state index in [1.807, 2.05) is 36.4 Å². The van der Waals surface area contributed by atoms with Crippen molar-refractivity contribution in [3.8, 4) is 11.5 Å². The molecule has 0 aromatic heterocycles. The fourth-order valence-electron chi connectivity index (χ4n) is 1.62. The fraction of sp³-hybridized carbons (Fsp3) is 0.125. The maximum absolute atomic E-state index is 10.6. The van der Waals surface area contributed by atoms with Crippen molar-refractivity contribution in [3.05, 3.63) is 54.1 Å². The third kappa shape index (κ3) is 4.65. The normalized spacial score (nSPS) is 10.5. The van der Waals surface area contributed by atoms with Crippen LogP contribution in [0.3, 0.4) is 0 Å². The number of hydrogen-bond donors (Lipinski definition) is 1. The molecule has 0 aliphatic heterocycles. The minimum absolute atomic E-state index is 0.126. The highest BCUT2D eigenvalue weighted by atomic mass is 16.5. The topological polar surface area (TPSA) is 73.9 Å². The molecule has 0 radical (unpaired) electrons. The number of methoxy groups -OCH3 is 1. The average Bonchev–Trinajstić information content (AvgIpc) is 2.52. The van der Waals surface area contributed by atoms with E-state index < -0.39 is 5.91 Å². The molecule has 0 heterocycles. The summed E-state index contributed by atoms with van der Waals surface area (Å²) in [5.74, 6) is 0.889. The summed E-state index contributed by atoms with van der Waals surface area (Å²) >= 11 is 0. The lowest BCUT2D eigenvalue weighted by Gasteiger charge is -2.03. The van der Waals surface area contributed by atoms with Crippen LogP contribution in [-0.4, -0.2) is 25.8 Å². The third-order valence-corrected chi connectivity index (χ3v) is 2.70. The summed E-state index contributed by atoms with van der Waals surface area (Å²) < 4.78 is 10.3. The molecule has 0 saturated carbocycles. The van der Waals surface area contributed by atoms with Crippen molar-refractivity contribution in [2.24, 2.45) is 10.7 Å². The lowest BCUT2D eigenvalue weighted by molar-refractivity contribution is -0.119. The standard InChI is InChI=1S/C16H16N2O3/c1-20-14-8-4-13(5-9-14)18-10-12-2-6-15(7-3-12)21-11-16(17)19/h2-10H,11H2,1H3,(H2,17,19). The van der Waals surface area contributed by atoms with E-state index in [0.717, 1.165) is 17.0 Å². The molecule has 2 aromatic carbocycles. The quantitative estimate of drug-likeness (QED) is 0.827. The average molecular weight is 284 g/mol. The highest BCUT2D eigenvalue weighted by molar-refractivity contribution is 5.82. The summed E-state index contributed by atoms with van der Waals surface area (Å²) in [6, 6.07) is 14.7. The molecule has 5 nitrogen and oxygen atoms in total. The minimum Gasteiger partial charge on any atom is -0.497 e. The van der Waals surface area contributed by atoms with Crippen LogP contribution in [0.5, 0.6) is 11.5 Å². The molecule has 2 rings (SSSR count). The molecule has 2 N–H and O–H groups in total. The zero-order valence-electron chi connectivity index (χ0n) is 11.7. The van der Waals surface area contributed by atoms with Gasteiger partial charge >= 0.3 is 0 Å². The second-order valence-corrected chi connectivity index (χ2v) is 4.28. The predicted molar refractivity (Wildman–Crippen MR) is 81.4 cm³/mol. The van der Waals surface area contributed by atoms with Gasteiger partial charge in [-0.2, -0.15) is 0 Å². The van der Waals surface area contributed by atoms with Crippen molar-refractivity contribution < 1.29 is 14.3 Å². The van der Waals surface area contributed by atoms with E-state index in [1.165, 1.54) is 0 Å². The van der Waals surface area contributed by atoms with Crippen molar-refractivity contribution in [2.75, 3.05) is 13.7 Å². The third-order valence-electron chi connectivity index (χ3n) is 2.70. The van der Waals surface area contributed by atoms with E-state index in [0.29, 0.717) is 5.75 Å². The smallest absolute Gasteiger partial charge is 0.255 e. The molecule has 108 valence electrons. The summed E-state index contributed by atoms with van der Waals surface area (Å²) in [5, 5.41) is 0. The van der Waals surface area contributed by atoms with Gasteiger partial charge in [0.1, 0.15) is 11.5 Å². The van der Waals surface area contributed by atoms with Crippen LogP contribution < -0.4 is 15.2 Å². The summed E-state index contributed by atoms with van der Waals surface area (Å²) in [5.41, 5.74) is 6.77. The number of ether oxygens (including phenoxy) is 2. The number of aliphatic imine (C=N–C) groups is 1. The Kier molecular flexibility index (Phi) is 4.93. The Morgan fingerprint density at radius 2 is 1.71 bits per heavy atom. The van der Waals surface area contributed by atoms with Crippen LogP contribution in [0.1, 0.15) is 5.56 Å². The van der Waals surface area contributed by atoms with Crippen LogP contribution in [0.4, 0.5) is 5.69 Å². The molecule has 0 aliphatic carbocycles. The molecule has 5 heteroatoms. The number of hydrogen-bond acceptors (Lipinski definition) is 4. The molecule has 1 amide bonds. The van der Waals surface area contributed by atoms with Crippen LogP contribution in [0, 0.1) is 0 Å². The van der Waals surface area contributed by atoms with Gasteiger partial charge < -0.3 is 15.2 Å². The summed E-state index contributed by atoms with van der Waals surface area (Å²) in [7, 11) is 1.63. The molecular formula is C16H16N2O3. The van der Waals surface area contributed by atoms with E-state index in [-0.39, 0.29) is 6.61 Å². The largest absolute Gasteiger partial charge is 0.497 e. The van der Waals surface area contributed by atoms with E-state index in [1.54, 1.807) is 25.5 Å². The van der Waals surface area contributed by atoms with Crippen molar-refractivity contribution in [2.45, 2.75) is 0 Å². The summed E-state index contributed by atoms with van der Waals surface area (Å²) in [4.78, 5) is 15.0. The second kappa shape index (κ2) is 7.09. The van der Waals surface area contributed by atoms with Gasteiger partial charge in [0.2, 0.25) is 0 Å². The summed E-state index contributed by atoms with van der Waals surface area (Å²) in [6.45, 7) is -0.126. The highest BCUT2D eigenvalue weighted by Gasteiger charge is 1.97. The Morgan fingerprint density at radius 3 is 2.29 bits per heavy atom. The van der Waals surface area contributed by atoms with Gasteiger partial charge in [-0.05, 0) is 54.1 Å². The van der Waals surface area contributed by atoms with Crippen molar-refractivity contribution >= 4 is 17.8 Å². The first-order valence-corrected chi connectivity index (χ1v) is 6.36. The number of primary amides is 1. The van der Waals surface area contributed by atoms with Gasteiger partial charge in [0.15, 0.2) is 6.61 Å². The number of carbonyl (C=O) groups excluding carboxylic acids is 1. The van der Waals surface area contributed by atoms with Crippen molar-refractivity contribution in [1.82, 2.24) is 0 Å². The van der Waals surface area contributed by atoms with Gasteiger partial charge in [0.05, 0.1) is 12.8 Å². The molecule has 21 heavy (non-hydrogen) atoms. The maximum Gasteiger partial charge on any atom is 0.255 e. The summed E-state index contributed by atoms with van der Waals surface area (Å²) in [6.07, 6.45) is 1.75. The monoisotopic (exact) mass is 284 g/mol. The van der Waals surface area contributed by atoms with Crippen LogP contribution in [0.25, 0.3) is 0 Å². The van der Waals surface area contributed by atoms with Gasteiger partial charge in [0, 0.05) is 6.21 Å². The highest BCUT2D eigenvalue weighted by Crippen LogP contribution is 2.18. The number of rotatable bonds is 6. The first kappa shape index (κ1) is 14.6. The molecule has 0 spiro atoms. The molecule has 0 fully saturated rings. The van der Waals surface area contributed by atoms with E-state index in [4.69, 9.17) is 15.2 Å². The van der Waals surface area contributed by atoms with Crippen molar-refractivity contribution in [1.29, 1.82) is 0 Å². The Morgan fingerprint density at radius 1 is 1.10 bits per heavy atom. The van der Waals surface area contributed by atoms with Crippen LogP contribution >= 0.6 is 0 Å². The Balaban J connectivity index is 1.98. The first-order valence-electron chi connectivity index (χ1n) is 6.36.